The molecule has 2 unspecified atom stereocenters. The van der Waals surface area contributed by atoms with Crippen LogP contribution in [0.3, 0.4) is 0 Å². The highest BCUT2D eigenvalue weighted by atomic mass is 35.5. The summed E-state index contributed by atoms with van der Waals surface area (Å²) in [5.41, 5.74) is 2.51. The Kier molecular flexibility index (Phi) is 4.62. The fourth-order valence-electron chi connectivity index (χ4n) is 1.94. The summed E-state index contributed by atoms with van der Waals surface area (Å²) in [6, 6.07) is 6.53. The van der Waals surface area contributed by atoms with Crippen LogP contribution in [0.4, 0.5) is 0 Å². The molecule has 0 heterocycles. The van der Waals surface area contributed by atoms with E-state index in [-0.39, 0.29) is 0 Å². The van der Waals surface area contributed by atoms with Gasteiger partial charge in [0, 0.05) is 11.1 Å². The van der Waals surface area contributed by atoms with Gasteiger partial charge >= 0.3 is 0 Å². The molecule has 0 radical (unpaired) electrons. The van der Waals surface area contributed by atoms with Crippen molar-refractivity contribution in [3.05, 3.63) is 34.3 Å². The summed E-state index contributed by atoms with van der Waals surface area (Å²) >= 11 is 6.13. The highest BCUT2D eigenvalue weighted by Crippen LogP contribution is 2.29. The highest BCUT2D eigenvalue weighted by Gasteiger charge is 2.18. The topological polar surface area (TPSA) is 12.0 Å². The summed E-state index contributed by atoms with van der Waals surface area (Å²) in [5, 5.41) is 4.24. The maximum atomic E-state index is 6.13. The smallest absolute Gasteiger partial charge is 0.0438 e. The van der Waals surface area contributed by atoms with Gasteiger partial charge in [-0.3, -0.25) is 0 Å². The molecule has 1 aromatic carbocycles. The fraction of sp³-hybridized carbons (Fsp3) is 0.538. The Bertz CT molecular complexity index is 322. The van der Waals surface area contributed by atoms with Crippen LogP contribution in [-0.4, -0.2) is 7.05 Å². The van der Waals surface area contributed by atoms with Crippen molar-refractivity contribution in [2.75, 3.05) is 7.05 Å². The molecule has 84 valence electrons. The van der Waals surface area contributed by atoms with Crippen LogP contribution in [0.15, 0.2) is 18.2 Å². The molecule has 0 fully saturated rings. The van der Waals surface area contributed by atoms with E-state index in [1.165, 1.54) is 11.1 Å². The van der Waals surface area contributed by atoms with Gasteiger partial charge in [-0.1, -0.05) is 44.0 Å². The summed E-state index contributed by atoms with van der Waals surface area (Å²) < 4.78 is 0. The van der Waals surface area contributed by atoms with Gasteiger partial charge in [-0.05, 0) is 37.1 Å². The van der Waals surface area contributed by atoms with Gasteiger partial charge < -0.3 is 5.32 Å². The van der Waals surface area contributed by atoms with Crippen LogP contribution in [0.5, 0.6) is 0 Å². The first kappa shape index (κ1) is 12.5. The third kappa shape index (κ3) is 2.73. The second-order valence-corrected chi connectivity index (χ2v) is 4.51. The zero-order chi connectivity index (χ0) is 11.4. The lowest BCUT2D eigenvalue weighted by atomic mass is 9.90. The van der Waals surface area contributed by atoms with Crippen molar-refractivity contribution in [2.24, 2.45) is 5.92 Å². The molecule has 0 saturated heterocycles. The summed E-state index contributed by atoms with van der Waals surface area (Å²) in [4.78, 5) is 0. The molecule has 0 spiro atoms. The van der Waals surface area contributed by atoms with E-state index in [1.54, 1.807) is 0 Å². The van der Waals surface area contributed by atoms with E-state index in [2.05, 4.69) is 32.2 Å². The van der Waals surface area contributed by atoms with Crippen molar-refractivity contribution in [3.63, 3.8) is 0 Å². The molecular formula is C13H20ClN. The first-order valence-corrected chi connectivity index (χ1v) is 5.91. The third-order valence-corrected chi connectivity index (χ3v) is 3.58. The Morgan fingerprint density at radius 3 is 2.60 bits per heavy atom. The second kappa shape index (κ2) is 5.53. The number of nitrogens with one attached hydrogen (secondary N) is 1. The molecule has 0 saturated carbocycles. The number of hydrogen-bond donors (Lipinski definition) is 1. The number of halogens is 1. The van der Waals surface area contributed by atoms with Crippen molar-refractivity contribution in [2.45, 2.75) is 33.2 Å². The number of rotatable bonds is 4. The normalized spacial score (nSPS) is 15.0. The van der Waals surface area contributed by atoms with Crippen LogP contribution < -0.4 is 5.32 Å². The minimum Gasteiger partial charge on any atom is -0.313 e. The van der Waals surface area contributed by atoms with Crippen molar-refractivity contribution in [3.8, 4) is 0 Å². The largest absolute Gasteiger partial charge is 0.313 e. The van der Waals surface area contributed by atoms with Gasteiger partial charge in [0.05, 0.1) is 0 Å². The van der Waals surface area contributed by atoms with Crippen molar-refractivity contribution >= 4 is 11.6 Å². The molecule has 1 aromatic rings. The fourth-order valence-corrected chi connectivity index (χ4v) is 2.13. The van der Waals surface area contributed by atoms with E-state index in [9.17, 15) is 0 Å². The summed E-state index contributed by atoms with van der Waals surface area (Å²) in [7, 11) is 2.01. The lowest BCUT2D eigenvalue weighted by Crippen LogP contribution is -2.23. The van der Waals surface area contributed by atoms with Gasteiger partial charge in [0.25, 0.3) is 0 Å². The zero-order valence-electron chi connectivity index (χ0n) is 9.97. The summed E-state index contributed by atoms with van der Waals surface area (Å²) in [6.07, 6.45) is 1.16. The Hall–Kier alpha value is -0.530. The molecule has 0 aromatic heterocycles. The molecule has 1 rings (SSSR count). The predicted molar refractivity (Wildman–Crippen MR) is 67.4 cm³/mol. The van der Waals surface area contributed by atoms with Gasteiger partial charge in [-0.25, -0.2) is 0 Å². The number of hydrogen-bond acceptors (Lipinski definition) is 1. The predicted octanol–water partition coefficient (Wildman–Crippen LogP) is 3.96. The summed E-state index contributed by atoms with van der Waals surface area (Å²) in [5.74, 6) is 0.618. The van der Waals surface area contributed by atoms with Crippen LogP contribution in [0.1, 0.15) is 37.4 Å². The van der Waals surface area contributed by atoms with Gasteiger partial charge in [0.15, 0.2) is 0 Å². The second-order valence-electron chi connectivity index (χ2n) is 4.11. The molecular weight excluding hydrogens is 206 g/mol. The van der Waals surface area contributed by atoms with Crippen LogP contribution in [0, 0.1) is 12.8 Å². The van der Waals surface area contributed by atoms with Gasteiger partial charge in [-0.2, -0.15) is 0 Å². The highest BCUT2D eigenvalue weighted by molar-refractivity contribution is 6.31. The molecule has 0 aliphatic rings. The Balaban J connectivity index is 3.07. The van der Waals surface area contributed by atoms with Crippen molar-refractivity contribution in [1.29, 1.82) is 0 Å². The SMILES string of the molecule is CCC(C)C(NC)c1cccc(Cl)c1C. The Morgan fingerprint density at radius 2 is 2.07 bits per heavy atom. The van der Waals surface area contributed by atoms with Crippen LogP contribution >= 0.6 is 11.6 Å². The average Bonchev–Trinajstić information content (AvgIpc) is 2.24. The molecule has 1 nitrogen and oxygen atoms in total. The first-order valence-electron chi connectivity index (χ1n) is 5.54. The van der Waals surface area contributed by atoms with E-state index < -0.39 is 0 Å². The van der Waals surface area contributed by atoms with E-state index in [0.29, 0.717) is 12.0 Å². The molecule has 0 amide bonds. The van der Waals surface area contributed by atoms with Crippen molar-refractivity contribution < 1.29 is 0 Å². The molecule has 1 N–H and O–H groups in total. The Morgan fingerprint density at radius 1 is 1.40 bits per heavy atom. The Labute approximate surface area is 97.8 Å². The minimum atomic E-state index is 0.397. The van der Waals surface area contributed by atoms with E-state index in [1.807, 2.05) is 19.2 Å². The van der Waals surface area contributed by atoms with E-state index >= 15 is 0 Å². The minimum absolute atomic E-state index is 0.397. The van der Waals surface area contributed by atoms with Crippen LogP contribution in [0.25, 0.3) is 0 Å². The van der Waals surface area contributed by atoms with Gasteiger partial charge in [-0.15, -0.1) is 0 Å². The van der Waals surface area contributed by atoms with E-state index in [0.717, 1.165) is 11.4 Å². The van der Waals surface area contributed by atoms with Crippen LogP contribution in [-0.2, 0) is 0 Å². The standard InChI is InChI=1S/C13H20ClN/c1-5-9(2)13(15-4)11-7-6-8-12(14)10(11)3/h6-9,13,15H,5H2,1-4H3. The van der Waals surface area contributed by atoms with Gasteiger partial charge in [0.1, 0.15) is 0 Å². The molecule has 0 bridgehead atoms. The third-order valence-electron chi connectivity index (χ3n) is 3.17. The quantitative estimate of drug-likeness (QED) is 0.818. The van der Waals surface area contributed by atoms with Crippen molar-refractivity contribution in [1.82, 2.24) is 5.32 Å². The molecule has 2 atom stereocenters. The van der Waals surface area contributed by atoms with Crippen LogP contribution in [0.2, 0.25) is 5.02 Å². The molecule has 0 aliphatic heterocycles. The average molecular weight is 226 g/mol. The zero-order valence-corrected chi connectivity index (χ0v) is 10.7. The first-order chi connectivity index (χ1) is 7.11. The van der Waals surface area contributed by atoms with Gasteiger partial charge in [0.2, 0.25) is 0 Å². The molecule has 2 heteroatoms. The summed E-state index contributed by atoms with van der Waals surface area (Å²) in [6.45, 7) is 6.57. The molecule has 15 heavy (non-hydrogen) atoms. The monoisotopic (exact) mass is 225 g/mol. The maximum Gasteiger partial charge on any atom is 0.0438 e. The lowest BCUT2D eigenvalue weighted by Gasteiger charge is -2.25. The maximum absolute atomic E-state index is 6.13. The lowest BCUT2D eigenvalue weighted by molar-refractivity contribution is 0.399. The number of benzene rings is 1. The van der Waals surface area contributed by atoms with E-state index in [4.69, 9.17) is 11.6 Å². The molecule has 0 aliphatic carbocycles.